The Hall–Kier alpha value is -1.81. The Kier molecular flexibility index (Phi) is 8.63. The SMILES string of the molecule is O=S1(=O)CCC(NC2CCC(Cc3cc(-c4ccc(F)c(NCC5CCOCC5)n4)c(Cl)cn3)CC2)C1. The number of hydrogen-bond acceptors (Lipinski definition) is 7. The molecule has 0 spiro atoms. The fourth-order valence-electron chi connectivity index (χ4n) is 5.79. The molecule has 1 aliphatic carbocycles. The summed E-state index contributed by atoms with van der Waals surface area (Å²) in [7, 11) is -2.86. The van der Waals surface area contributed by atoms with Crippen molar-refractivity contribution in [1.29, 1.82) is 0 Å². The van der Waals surface area contributed by atoms with Gasteiger partial charge >= 0.3 is 0 Å². The first-order valence-corrected chi connectivity index (χ1v) is 15.6. The van der Waals surface area contributed by atoms with Crippen molar-refractivity contribution in [1.82, 2.24) is 15.3 Å². The van der Waals surface area contributed by atoms with Gasteiger partial charge < -0.3 is 15.4 Å². The summed E-state index contributed by atoms with van der Waals surface area (Å²) in [6, 6.07) is 5.58. The van der Waals surface area contributed by atoms with Crippen molar-refractivity contribution in [3.63, 3.8) is 0 Å². The molecule has 1 unspecified atom stereocenters. The Morgan fingerprint density at radius 3 is 2.54 bits per heavy atom. The fourth-order valence-corrected chi connectivity index (χ4v) is 7.67. The molecule has 0 amide bonds. The van der Waals surface area contributed by atoms with Crippen LogP contribution >= 0.6 is 11.6 Å². The molecule has 202 valence electrons. The third-order valence-electron chi connectivity index (χ3n) is 7.98. The Morgan fingerprint density at radius 1 is 1.03 bits per heavy atom. The van der Waals surface area contributed by atoms with Gasteiger partial charge in [-0.15, -0.1) is 0 Å². The molecule has 1 atom stereocenters. The van der Waals surface area contributed by atoms with Gasteiger partial charge in [-0.25, -0.2) is 17.8 Å². The lowest BCUT2D eigenvalue weighted by molar-refractivity contribution is 0.0699. The van der Waals surface area contributed by atoms with Gasteiger partial charge in [-0.1, -0.05) is 11.6 Å². The van der Waals surface area contributed by atoms with Crippen LogP contribution in [0.3, 0.4) is 0 Å². The minimum Gasteiger partial charge on any atom is -0.381 e. The van der Waals surface area contributed by atoms with Crippen LogP contribution in [0.4, 0.5) is 10.2 Å². The van der Waals surface area contributed by atoms with E-state index in [1.165, 1.54) is 6.07 Å². The standard InChI is InChI=1S/C27H36ClFN4O3S/c28-24-16-30-22(13-18-1-3-20(4-2-18)32-21-9-12-37(34,35)17-21)14-23(24)26-6-5-25(29)27(33-26)31-15-19-7-10-36-11-8-19/h5-6,14,16,18-21,32H,1-4,7-13,15,17H2,(H,31,33). The summed E-state index contributed by atoms with van der Waals surface area (Å²) < 4.78 is 43.4. The zero-order valence-electron chi connectivity index (χ0n) is 21.1. The van der Waals surface area contributed by atoms with E-state index in [4.69, 9.17) is 16.3 Å². The zero-order chi connectivity index (χ0) is 25.8. The van der Waals surface area contributed by atoms with E-state index in [1.54, 1.807) is 12.3 Å². The number of sulfone groups is 1. The average Bonchev–Trinajstić information content (AvgIpc) is 3.24. The van der Waals surface area contributed by atoms with Gasteiger partial charge in [-0.05, 0) is 81.4 Å². The van der Waals surface area contributed by atoms with Gasteiger partial charge in [0.05, 0.1) is 22.2 Å². The first kappa shape index (κ1) is 26.8. The number of pyridine rings is 2. The zero-order valence-corrected chi connectivity index (χ0v) is 22.7. The summed E-state index contributed by atoms with van der Waals surface area (Å²) in [4.78, 5) is 9.13. The quantitative estimate of drug-likeness (QED) is 0.494. The Labute approximate surface area is 223 Å². The van der Waals surface area contributed by atoms with Crippen LogP contribution in [0.5, 0.6) is 0 Å². The molecule has 2 aliphatic heterocycles. The van der Waals surface area contributed by atoms with Crippen LogP contribution < -0.4 is 10.6 Å². The normalized spacial score (nSPS) is 26.3. The lowest BCUT2D eigenvalue weighted by Crippen LogP contribution is -2.41. The van der Waals surface area contributed by atoms with E-state index >= 15 is 0 Å². The van der Waals surface area contributed by atoms with E-state index in [2.05, 4.69) is 20.6 Å². The molecule has 3 fully saturated rings. The molecule has 2 aromatic heterocycles. The van der Waals surface area contributed by atoms with Crippen molar-refractivity contribution in [2.45, 2.75) is 63.5 Å². The number of nitrogens with zero attached hydrogens (tertiary/aromatic N) is 2. The molecule has 0 aromatic carbocycles. The molecule has 2 aromatic rings. The van der Waals surface area contributed by atoms with Crippen LogP contribution in [-0.2, 0) is 21.0 Å². The molecule has 37 heavy (non-hydrogen) atoms. The molecular formula is C27H36ClFN4O3S. The highest BCUT2D eigenvalue weighted by atomic mass is 35.5. The predicted octanol–water partition coefficient (Wildman–Crippen LogP) is 4.65. The summed E-state index contributed by atoms with van der Waals surface area (Å²) in [5.74, 6) is 1.42. The van der Waals surface area contributed by atoms with Crippen molar-refractivity contribution < 1.29 is 17.5 Å². The van der Waals surface area contributed by atoms with Gasteiger partial charge in [0.2, 0.25) is 0 Å². The van der Waals surface area contributed by atoms with Gasteiger partial charge in [-0.2, -0.15) is 0 Å². The first-order valence-electron chi connectivity index (χ1n) is 13.4. The second kappa shape index (κ2) is 11.9. The van der Waals surface area contributed by atoms with E-state index in [-0.39, 0.29) is 23.4 Å². The average molecular weight is 551 g/mol. The van der Waals surface area contributed by atoms with E-state index in [0.717, 1.165) is 75.8 Å². The molecule has 4 heterocycles. The highest BCUT2D eigenvalue weighted by Crippen LogP contribution is 2.32. The molecule has 0 bridgehead atoms. The third-order valence-corrected chi connectivity index (χ3v) is 10.1. The lowest BCUT2D eigenvalue weighted by atomic mass is 9.83. The van der Waals surface area contributed by atoms with E-state index in [9.17, 15) is 12.8 Å². The van der Waals surface area contributed by atoms with Crippen molar-refractivity contribution in [2.24, 2.45) is 11.8 Å². The molecule has 10 heteroatoms. The van der Waals surface area contributed by atoms with E-state index < -0.39 is 9.84 Å². The first-order chi connectivity index (χ1) is 17.8. The van der Waals surface area contributed by atoms with Gasteiger partial charge in [-0.3, -0.25) is 4.98 Å². The maximum atomic E-state index is 14.5. The minimum atomic E-state index is -2.86. The Bertz CT molecular complexity index is 1180. The summed E-state index contributed by atoms with van der Waals surface area (Å²) in [6.45, 7) is 2.17. The van der Waals surface area contributed by atoms with Crippen LogP contribution in [0, 0.1) is 17.7 Å². The summed E-state index contributed by atoms with van der Waals surface area (Å²) >= 11 is 6.50. The smallest absolute Gasteiger partial charge is 0.165 e. The molecule has 7 nitrogen and oxygen atoms in total. The van der Waals surface area contributed by atoms with Gasteiger partial charge in [0.25, 0.3) is 0 Å². The van der Waals surface area contributed by atoms with Gasteiger partial charge in [0, 0.05) is 49.3 Å². The molecule has 0 radical (unpaired) electrons. The maximum absolute atomic E-state index is 14.5. The molecule has 1 saturated carbocycles. The number of halogens is 2. The number of aromatic nitrogens is 2. The molecule has 5 rings (SSSR count). The third kappa shape index (κ3) is 7.19. The number of nitrogens with one attached hydrogen (secondary N) is 2. The van der Waals surface area contributed by atoms with Crippen LogP contribution in [0.2, 0.25) is 5.02 Å². The van der Waals surface area contributed by atoms with Gasteiger partial charge in [0.1, 0.15) is 0 Å². The van der Waals surface area contributed by atoms with Crippen LogP contribution in [0.25, 0.3) is 11.3 Å². The highest BCUT2D eigenvalue weighted by Gasteiger charge is 2.31. The van der Waals surface area contributed by atoms with Crippen LogP contribution in [0.1, 0.15) is 50.6 Å². The van der Waals surface area contributed by atoms with E-state index in [1.807, 2.05) is 6.07 Å². The predicted molar refractivity (Wildman–Crippen MR) is 144 cm³/mol. The second-order valence-electron chi connectivity index (χ2n) is 10.8. The highest BCUT2D eigenvalue weighted by molar-refractivity contribution is 7.91. The molecule has 3 aliphatic rings. The monoisotopic (exact) mass is 550 g/mol. The van der Waals surface area contributed by atoms with Crippen LogP contribution in [-0.4, -0.2) is 61.7 Å². The number of rotatable bonds is 8. The Balaban J connectivity index is 1.19. The van der Waals surface area contributed by atoms with Crippen molar-refractivity contribution in [2.75, 3.05) is 36.6 Å². The van der Waals surface area contributed by atoms with Crippen molar-refractivity contribution in [3.8, 4) is 11.3 Å². The van der Waals surface area contributed by atoms with Crippen molar-refractivity contribution >= 4 is 27.3 Å². The summed E-state index contributed by atoms with van der Waals surface area (Å²) in [6.07, 6.45) is 9.42. The molecule has 2 N–H and O–H groups in total. The summed E-state index contributed by atoms with van der Waals surface area (Å²) in [5.41, 5.74) is 2.35. The lowest BCUT2D eigenvalue weighted by Gasteiger charge is -2.31. The largest absolute Gasteiger partial charge is 0.381 e. The maximum Gasteiger partial charge on any atom is 0.165 e. The topological polar surface area (TPSA) is 93.2 Å². The van der Waals surface area contributed by atoms with E-state index in [0.29, 0.717) is 40.9 Å². The minimum absolute atomic E-state index is 0.103. The number of ether oxygens (including phenoxy) is 1. The fraction of sp³-hybridized carbons (Fsp3) is 0.630. The molecular weight excluding hydrogens is 515 g/mol. The number of anilines is 1. The van der Waals surface area contributed by atoms with Crippen molar-refractivity contribution in [3.05, 3.63) is 40.9 Å². The number of hydrogen-bond donors (Lipinski definition) is 2. The molecule has 2 saturated heterocycles. The second-order valence-corrected chi connectivity index (χ2v) is 13.4. The van der Waals surface area contributed by atoms with Crippen LogP contribution in [0.15, 0.2) is 24.4 Å². The van der Waals surface area contributed by atoms with Gasteiger partial charge in [0.15, 0.2) is 21.5 Å². The Morgan fingerprint density at radius 2 is 1.81 bits per heavy atom. The summed E-state index contributed by atoms with van der Waals surface area (Å²) in [5, 5.41) is 7.26.